The molecule has 2 N–H and O–H groups in total. The van der Waals surface area contributed by atoms with Gasteiger partial charge in [0.15, 0.2) is 11.6 Å². The maximum Gasteiger partial charge on any atom is 0.270 e. The van der Waals surface area contributed by atoms with Gasteiger partial charge in [-0.2, -0.15) is 4.80 Å². The molecule has 0 aliphatic heterocycles. The van der Waals surface area contributed by atoms with Crippen LogP contribution in [0, 0.1) is 5.82 Å². The largest absolute Gasteiger partial charge is 0.494 e. The lowest BCUT2D eigenvalue weighted by Gasteiger charge is -2.14. The van der Waals surface area contributed by atoms with Crippen molar-refractivity contribution in [1.82, 2.24) is 40.8 Å². The summed E-state index contributed by atoms with van der Waals surface area (Å²) in [5.41, 5.74) is 3.76. The number of rotatable bonds is 7. The van der Waals surface area contributed by atoms with E-state index >= 15 is 0 Å². The first kappa shape index (κ1) is 24.0. The molecular weight excluding hydrogens is 479 g/mol. The fourth-order valence-electron chi connectivity index (χ4n) is 4.23. The molecule has 0 saturated heterocycles. The lowest BCUT2D eigenvalue weighted by Crippen LogP contribution is -2.29. The van der Waals surface area contributed by atoms with Gasteiger partial charge in [-0.05, 0) is 52.9 Å². The summed E-state index contributed by atoms with van der Waals surface area (Å²) < 4.78 is 18.6. The fourth-order valence-corrected chi connectivity index (χ4v) is 4.23. The van der Waals surface area contributed by atoms with E-state index in [1.807, 2.05) is 18.2 Å². The summed E-state index contributed by atoms with van der Waals surface area (Å²) >= 11 is 0. The molecule has 0 spiro atoms. The van der Waals surface area contributed by atoms with Crippen LogP contribution >= 0.6 is 0 Å². The molecule has 2 aromatic carbocycles. The highest BCUT2D eigenvalue weighted by Crippen LogP contribution is 2.33. The maximum atomic E-state index is 13.6. The molecule has 1 aliphatic rings. The zero-order chi connectivity index (χ0) is 25.9. The van der Waals surface area contributed by atoms with Crippen molar-refractivity contribution in [1.29, 1.82) is 0 Å². The van der Waals surface area contributed by atoms with Gasteiger partial charge in [0.25, 0.3) is 11.8 Å². The molecule has 188 valence electrons. The second kappa shape index (κ2) is 10.1. The zero-order valence-corrected chi connectivity index (χ0v) is 20.1. The van der Waals surface area contributed by atoms with Gasteiger partial charge in [-0.15, -0.1) is 10.2 Å². The molecule has 1 aliphatic carbocycles. The number of ether oxygens (including phenoxy) is 1. The topological polar surface area (TPSA) is 137 Å². The Labute approximate surface area is 211 Å². The number of nitrogens with zero attached hydrogens (tertiary/aromatic N) is 6. The van der Waals surface area contributed by atoms with Gasteiger partial charge < -0.3 is 15.4 Å². The Morgan fingerprint density at radius 3 is 2.68 bits per heavy atom. The van der Waals surface area contributed by atoms with Crippen LogP contribution in [-0.4, -0.2) is 49.1 Å². The predicted molar refractivity (Wildman–Crippen MR) is 129 cm³/mol. The number of hydrogen-bond donors (Lipinski definition) is 2. The third-order valence-electron chi connectivity index (χ3n) is 6.09. The van der Waals surface area contributed by atoms with Crippen LogP contribution in [0.2, 0.25) is 0 Å². The lowest BCUT2D eigenvalue weighted by atomic mass is 10.0. The molecule has 0 bridgehead atoms. The summed E-state index contributed by atoms with van der Waals surface area (Å²) in [6.07, 6.45) is 2.70. The minimum absolute atomic E-state index is 0.0437. The average molecular weight is 503 g/mol. The van der Waals surface area contributed by atoms with Crippen LogP contribution in [0.25, 0.3) is 11.4 Å². The van der Waals surface area contributed by atoms with Gasteiger partial charge in [-0.1, -0.05) is 18.2 Å². The van der Waals surface area contributed by atoms with E-state index in [-0.39, 0.29) is 29.7 Å². The molecule has 0 saturated carbocycles. The summed E-state index contributed by atoms with van der Waals surface area (Å²) in [5, 5.41) is 17.9. The fraction of sp³-hybridized carbons (Fsp3) is 0.240. The average Bonchev–Trinajstić information content (AvgIpc) is 3.53. The third-order valence-corrected chi connectivity index (χ3v) is 6.09. The smallest absolute Gasteiger partial charge is 0.270 e. The number of nitrogens with one attached hydrogen (secondary N) is 2. The van der Waals surface area contributed by atoms with Crippen molar-refractivity contribution < 1.29 is 18.7 Å². The molecule has 37 heavy (non-hydrogen) atoms. The van der Waals surface area contributed by atoms with Crippen molar-refractivity contribution in [2.75, 3.05) is 7.11 Å². The van der Waals surface area contributed by atoms with Gasteiger partial charge in [-0.25, -0.2) is 14.4 Å². The predicted octanol–water partition coefficient (Wildman–Crippen LogP) is 2.16. The minimum atomic E-state index is -0.490. The van der Waals surface area contributed by atoms with E-state index in [2.05, 4.69) is 36.0 Å². The molecule has 0 unspecified atom stereocenters. The van der Waals surface area contributed by atoms with Gasteiger partial charge >= 0.3 is 0 Å². The summed E-state index contributed by atoms with van der Waals surface area (Å²) in [4.78, 5) is 35.0. The monoisotopic (exact) mass is 502 g/mol. The van der Waals surface area contributed by atoms with E-state index in [9.17, 15) is 14.0 Å². The summed E-state index contributed by atoms with van der Waals surface area (Å²) in [7, 11) is 3.08. The number of aryl methyl sites for hydroxylation is 2. The molecule has 12 heteroatoms. The van der Waals surface area contributed by atoms with Gasteiger partial charge in [0.1, 0.15) is 17.7 Å². The summed E-state index contributed by atoms with van der Waals surface area (Å²) in [6, 6.07) is 11.3. The SMILES string of the molecule is COc1cc(CNC(=O)c2cc(C(=O)N[C@@H]3CCc4cc(-c5nnn(C)n5)ccc43)ncn2)ccc1F. The molecule has 2 amide bonds. The van der Waals surface area contributed by atoms with Crippen LogP contribution in [0.1, 0.15) is 50.1 Å². The number of aromatic nitrogens is 6. The van der Waals surface area contributed by atoms with E-state index in [1.165, 1.54) is 36.4 Å². The van der Waals surface area contributed by atoms with E-state index in [0.29, 0.717) is 11.4 Å². The highest BCUT2D eigenvalue weighted by molar-refractivity contribution is 5.97. The molecule has 0 fully saturated rings. The first-order valence-electron chi connectivity index (χ1n) is 11.5. The number of benzene rings is 2. The zero-order valence-electron chi connectivity index (χ0n) is 20.1. The normalized spacial score (nSPS) is 14.2. The van der Waals surface area contributed by atoms with Crippen molar-refractivity contribution >= 4 is 11.8 Å². The Kier molecular flexibility index (Phi) is 6.54. The standard InChI is InChI=1S/C25H23FN8O3/c1-34-32-23(31-33-34)16-4-6-17-15(10-16)5-8-19(17)30-25(36)21-11-20(28-13-29-21)24(35)27-12-14-3-7-18(26)22(9-14)37-2/h3-4,6-7,9-11,13,19H,5,8,12H2,1-2H3,(H,27,35)(H,30,36)/t19-/m1/s1. The molecule has 0 radical (unpaired) electrons. The Morgan fingerprint density at radius 1 is 1.11 bits per heavy atom. The number of carbonyl (C=O) groups is 2. The number of halogens is 1. The Balaban J connectivity index is 1.23. The number of tetrazole rings is 1. The number of methoxy groups -OCH3 is 1. The molecule has 2 heterocycles. The molecule has 2 aromatic heterocycles. The van der Waals surface area contributed by atoms with Gasteiger partial charge in [0.05, 0.1) is 20.2 Å². The molecular formula is C25H23FN8O3. The minimum Gasteiger partial charge on any atom is -0.494 e. The number of amides is 2. The molecule has 1 atom stereocenters. The second-order valence-corrected chi connectivity index (χ2v) is 8.52. The van der Waals surface area contributed by atoms with E-state index in [0.717, 1.165) is 29.5 Å². The quantitative estimate of drug-likeness (QED) is 0.392. The maximum absolute atomic E-state index is 13.6. The van der Waals surface area contributed by atoms with Crippen LogP contribution in [0.15, 0.2) is 48.8 Å². The summed E-state index contributed by atoms with van der Waals surface area (Å²) in [6.45, 7) is 0.131. The van der Waals surface area contributed by atoms with Crippen molar-refractivity contribution in [3.63, 3.8) is 0 Å². The van der Waals surface area contributed by atoms with Gasteiger partial charge in [0.2, 0.25) is 5.82 Å². The van der Waals surface area contributed by atoms with Crippen LogP contribution in [-0.2, 0) is 20.0 Å². The Bertz CT molecular complexity index is 1490. The Morgan fingerprint density at radius 2 is 1.92 bits per heavy atom. The first-order chi connectivity index (χ1) is 17.9. The Hall–Kier alpha value is -4.74. The van der Waals surface area contributed by atoms with E-state index in [1.54, 1.807) is 13.1 Å². The first-order valence-corrected chi connectivity index (χ1v) is 11.5. The molecule has 4 aromatic rings. The van der Waals surface area contributed by atoms with E-state index in [4.69, 9.17) is 4.74 Å². The van der Waals surface area contributed by atoms with Crippen LogP contribution in [0.4, 0.5) is 4.39 Å². The van der Waals surface area contributed by atoms with Crippen molar-refractivity contribution in [3.8, 4) is 17.1 Å². The second-order valence-electron chi connectivity index (χ2n) is 8.52. The summed E-state index contributed by atoms with van der Waals surface area (Å²) in [5.74, 6) is -0.754. The lowest BCUT2D eigenvalue weighted by molar-refractivity contribution is 0.0931. The van der Waals surface area contributed by atoms with Crippen LogP contribution < -0.4 is 15.4 Å². The van der Waals surface area contributed by atoms with Gasteiger partial charge in [-0.3, -0.25) is 9.59 Å². The van der Waals surface area contributed by atoms with Crippen molar-refractivity contribution in [2.24, 2.45) is 7.05 Å². The highest BCUT2D eigenvalue weighted by Gasteiger charge is 2.26. The van der Waals surface area contributed by atoms with E-state index < -0.39 is 17.6 Å². The number of fused-ring (bicyclic) bond motifs is 1. The van der Waals surface area contributed by atoms with Crippen molar-refractivity contribution in [2.45, 2.75) is 25.4 Å². The van der Waals surface area contributed by atoms with Crippen molar-refractivity contribution in [3.05, 3.63) is 82.7 Å². The van der Waals surface area contributed by atoms with Crippen LogP contribution in [0.5, 0.6) is 5.75 Å². The molecule has 5 rings (SSSR count). The third kappa shape index (κ3) is 5.13. The van der Waals surface area contributed by atoms with Crippen LogP contribution in [0.3, 0.4) is 0 Å². The van der Waals surface area contributed by atoms with Gasteiger partial charge in [0, 0.05) is 18.2 Å². The number of carbonyl (C=O) groups excluding carboxylic acids is 2. The highest BCUT2D eigenvalue weighted by atomic mass is 19.1. The number of hydrogen-bond acceptors (Lipinski definition) is 8. The molecule has 11 nitrogen and oxygen atoms in total.